The lowest BCUT2D eigenvalue weighted by Gasteiger charge is -2.12. The van der Waals surface area contributed by atoms with E-state index in [0.29, 0.717) is 24.2 Å². The van der Waals surface area contributed by atoms with Crippen LogP contribution in [0.1, 0.15) is 20.3 Å². The number of ether oxygens (including phenoxy) is 1. The number of nitrogens with zero attached hydrogens (tertiary/aromatic N) is 2. The quantitative estimate of drug-likeness (QED) is 0.362. The number of pyridine rings is 1. The van der Waals surface area contributed by atoms with Crippen LogP contribution in [-0.4, -0.2) is 50.2 Å². The monoisotopic (exact) mass is 321 g/mol. The lowest BCUT2D eigenvalue weighted by Crippen LogP contribution is -2.41. The summed E-state index contributed by atoms with van der Waals surface area (Å²) in [5, 5.41) is 8.86. The van der Waals surface area contributed by atoms with Crippen LogP contribution in [0.5, 0.6) is 0 Å². The van der Waals surface area contributed by atoms with Crippen LogP contribution in [0.4, 0.5) is 5.69 Å². The van der Waals surface area contributed by atoms with Gasteiger partial charge in [-0.25, -0.2) is 0 Å². The van der Waals surface area contributed by atoms with Gasteiger partial charge in [-0.05, 0) is 24.5 Å². The number of carbonyl (C=O) groups is 1. The number of aliphatic imine (C=N–C) groups is 1. The molecular formula is C16H27N5O2. The molecule has 0 fully saturated rings. The Morgan fingerprint density at radius 2 is 2.22 bits per heavy atom. The van der Waals surface area contributed by atoms with Crippen LogP contribution in [0.2, 0.25) is 0 Å². The van der Waals surface area contributed by atoms with Gasteiger partial charge in [0.1, 0.15) is 0 Å². The molecule has 23 heavy (non-hydrogen) atoms. The summed E-state index contributed by atoms with van der Waals surface area (Å²) in [5.74, 6) is 0.993. The highest BCUT2D eigenvalue weighted by Gasteiger charge is 2.04. The number of aromatic nitrogens is 1. The van der Waals surface area contributed by atoms with Crippen LogP contribution in [0.25, 0.3) is 0 Å². The molecule has 0 saturated heterocycles. The number of guanidine groups is 1. The number of amides is 1. The van der Waals surface area contributed by atoms with E-state index in [4.69, 9.17) is 4.74 Å². The van der Waals surface area contributed by atoms with Gasteiger partial charge in [-0.15, -0.1) is 0 Å². The molecule has 7 heteroatoms. The van der Waals surface area contributed by atoms with Crippen LogP contribution in [0.15, 0.2) is 29.5 Å². The maximum atomic E-state index is 11.8. The Morgan fingerprint density at radius 3 is 2.87 bits per heavy atom. The number of anilines is 1. The van der Waals surface area contributed by atoms with Crippen LogP contribution in [0, 0.1) is 5.92 Å². The summed E-state index contributed by atoms with van der Waals surface area (Å²) in [7, 11) is 1.67. The lowest BCUT2D eigenvalue weighted by atomic mass is 10.2. The maximum absolute atomic E-state index is 11.8. The van der Waals surface area contributed by atoms with Crippen molar-refractivity contribution < 1.29 is 9.53 Å². The topological polar surface area (TPSA) is 87.6 Å². The van der Waals surface area contributed by atoms with Gasteiger partial charge < -0.3 is 20.7 Å². The van der Waals surface area contributed by atoms with Crippen LogP contribution in [-0.2, 0) is 9.53 Å². The third kappa shape index (κ3) is 9.46. The minimum Gasteiger partial charge on any atom is -0.381 e. The standard InChI is InChI=1S/C16H27N5O2/c1-13(2)12-23-9-5-8-19-16(17-3)20-11-15(22)21-14-6-4-7-18-10-14/h4,6-7,10,13H,5,8-9,11-12H2,1-3H3,(H,21,22)(H2,17,19,20). The summed E-state index contributed by atoms with van der Waals surface area (Å²) in [5.41, 5.74) is 0.671. The highest BCUT2D eigenvalue weighted by molar-refractivity contribution is 5.94. The molecule has 0 aliphatic carbocycles. The predicted octanol–water partition coefficient (Wildman–Crippen LogP) is 1.25. The molecule has 1 aromatic heterocycles. The molecule has 0 bridgehead atoms. The smallest absolute Gasteiger partial charge is 0.243 e. The van der Waals surface area contributed by atoms with Crippen molar-refractivity contribution in [2.24, 2.45) is 10.9 Å². The van der Waals surface area contributed by atoms with E-state index in [2.05, 4.69) is 39.8 Å². The van der Waals surface area contributed by atoms with Gasteiger partial charge in [0.2, 0.25) is 5.91 Å². The van der Waals surface area contributed by atoms with Crippen molar-refractivity contribution in [1.29, 1.82) is 0 Å². The van der Waals surface area contributed by atoms with Crippen LogP contribution >= 0.6 is 0 Å². The SMILES string of the molecule is CN=C(NCCCOCC(C)C)NCC(=O)Nc1cccnc1. The van der Waals surface area contributed by atoms with E-state index in [-0.39, 0.29) is 12.5 Å². The molecule has 0 unspecified atom stereocenters. The summed E-state index contributed by atoms with van der Waals surface area (Å²) in [6.45, 7) is 6.62. The van der Waals surface area contributed by atoms with E-state index in [1.165, 1.54) is 0 Å². The molecule has 0 atom stereocenters. The summed E-state index contributed by atoms with van der Waals surface area (Å²) in [4.78, 5) is 19.8. The molecule has 1 aromatic rings. The zero-order valence-electron chi connectivity index (χ0n) is 14.1. The highest BCUT2D eigenvalue weighted by atomic mass is 16.5. The van der Waals surface area contributed by atoms with Gasteiger partial charge in [-0.1, -0.05) is 13.8 Å². The van der Waals surface area contributed by atoms with Crippen LogP contribution in [0.3, 0.4) is 0 Å². The van der Waals surface area contributed by atoms with Crippen molar-refractivity contribution in [1.82, 2.24) is 15.6 Å². The fraction of sp³-hybridized carbons (Fsp3) is 0.562. The number of carbonyl (C=O) groups excluding carboxylic acids is 1. The highest BCUT2D eigenvalue weighted by Crippen LogP contribution is 2.01. The van der Waals surface area contributed by atoms with Gasteiger partial charge in [-0.2, -0.15) is 0 Å². The number of nitrogens with one attached hydrogen (secondary N) is 3. The molecule has 7 nitrogen and oxygen atoms in total. The Hall–Kier alpha value is -2.15. The molecule has 0 saturated carbocycles. The largest absolute Gasteiger partial charge is 0.381 e. The Morgan fingerprint density at radius 1 is 1.39 bits per heavy atom. The second kappa shape index (κ2) is 11.4. The number of hydrogen-bond donors (Lipinski definition) is 3. The molecule has 0 spiro atoms. The van der Waals surface area contributed by atoms with Crippen molar-refractivity contribution in [3.05, 3.63) is 24.5 Å². The fourth-order valence-electron chi connectivity index (χ4n) is 1.73. The molecule has 0 aliphatic heterocycles. The Labute approximate surface area is 137 Å². The molecule has 0 aliphatic rings. The second-order valence-electron chi connectivity index (χ2n) is 5.46. The Balaban J connectivity index is 2.15. The van der Waals surface area contributed by atoms with Crippen molar-refractivity contribution in [3.63, 3.8) is 0 Å². The first-order chi connectivity index (χ1) is 11.1. The molecule has 1 heterocycles. The minimum absolute atomic E-state index is 0.137. The van der Waals surface area contributed by atoms with Crippen LogP contribution < -0.4 is 16.0 Å². The first-order valence-corrected chi connectivity index (χ1v) is 7.84. The average Bonchev–Trinajstić information content (AvgIpc) is 2.54. The molecule has 3 N–H and O–H groups in total. The van der Waals surface area contributed by atoms with Crippen molar-refractivity contribution in [2.75, 3.05) is 38.7 Å². The summed E-state index contributed by atoms with van der Waals surface area (Å²) >= 11 is 0. The van der Waals surface area contributed by atoms with E-state index in [1.54, 1.807) is 31.6 Å². The van der Waals surface area contributed by atoms with E-state index < -0.39 is 0 Å². The van der Waals surface area contributed by atoms with Gasteiger partial charge in [0, 0.05) is 33.0 Å². The first kappa shape index (κ1) is 18.9. The van der Waals surface area contributed by atoms with Gasteiger partial charge in [0.15, 0.2) is 5.96 Å². The molecule has 0 aromatic carbocycles. The molecule has 128 valence electrons. The zero-order valence-corrected chi connectivity index (χ0v) is 14.1. The normalized spacial score (nSPS) is 11.4. The van der Waals surface area contributed by atoms with E-state index in [9.17, 15) is 4.79 Å². The van der Waals surface area contributed by atoms with Crippen molar-refractivity contribution in [2.45, 2.75) is 20.3 Å². The van der Waals surface area contributed by atoms with E-state index in [1.807, 2.05) is 0 Å². The maximum Gasteiger partial charge on any atom is 0.243 e. The summed E-state index contributed by atoms with van der Waals surface area (Å²) in [6, 6.07) is 3.56. The zero-order chi connectivity index (χ0) is 16.9. The second-order valence-corrected chi connectivity index (χ2v) is 5.46. The van der Waals surface area contributed by atoms with Crippen molar-refractivity contribution in [3.8, 4) is 0 Å². The number of hydrogen-bond acceptors (Lipinski definition) is 4. The average molecular weight is 321 g/mol. The number of rotatable bonds is 9. The lowest BCUT2D eigenvalue weighted by molar-refractivity contribution is -0.115. The predicted molar refractivity (Wildman–Crippen MR) is 92.5 cm³/mol. The van der Waals surface area contributed by atoms with Gasteiger partial charge in [0.25, 0.3) is 0 Å². The van der Waals surface area contributed by atoms with Gasteiger partial charge in [-0.3, -0.25) is 14.8 Å². The molecular weight excluding hydrogens is 294 g/mol. The third-order valence-corrected chi connectivity index (χ3v) is 2.79. The summed E-state index contributed by atoms with van der Waals surface area (Å²) in [6.07, 6.45) is 4.14. The minimum atomic E-state index is -0.152. The first-order valence-electron chi connectivity index (χ1n) is 7.84. The Bertz CT molecular complexity index is 477. The molecule has 1 rings (SSSR count). The van der Waals surface area contributed by atoms with Gasteiger partial charge >= 0.3 is 0 Å². The van der Waals surface area contributed by atoms with Crippen molar-refractivity contribution >= 4 is 17.6 Å². The van der Waals surface area contributed by atoms with Gasteiger partial charge in [0.05, 0.1) is 18.4 Å². The third-order valence-electron chi connectivity index (χ3n) is 2.79. The molecule has 1 amide bonds. The van der Waals surface area contributed by atoms with E-state index >= 15 is 0 Å². The summed E-state index contributed by atoms with van der Waals surface area (Å²) < 4.78 is 5.50. The Kier molecular flexibility index (Phi) is 9.38. The van der Waals surface area contributed by atoms with E-state index in [0.717, 1.165) is 19.6 Å². The fourth-order valence-corrected chi connectivity index (χ4v) is 1.73. The molecule has 0 radical (unpaired) electrons.